The Morgan fingerprint density at radius 1 is 1.64 bits per heavy atom. The van der Waals surface area contributed by atoms with Crippen LogP contribution in [0.2, 0.25) is 0 Å². The van der Waals surface area contributed by atoms with Gasteiger partial charge in [-0.05, 0) is 25.2 Å². The van der Waals surface area contributed by atoms with Crippen molar-refractivity contribution in [2.24, 2.45) is 11.3 Å². The maximum atomic E-state index is 10.7. The van der Waals surface area contributed by atoms with Crippen LogP contribution in [0, 0.1) is 11.3 Å². The summed E-state index contributed by atoms with van der Waals surface area (Å²) in [5.74, 6) is 0.135. The molecule has 0 aromatic carbocycles. The standard InChI is InChI=1S/C10H16O/c1-8-4-5-10(2,3)9(6-8)7-11/h6-7,9H,4-5H2,1-3H3. The molecule has 1 atom stereocenters. The van der Waals surface area contributed by atoms with E-state index in [1.807, 2.05) is 0 Å². The minimum Gasteiger partial charge on any atom is -0.303 e. The second kappa shape index (κ2) is 2.80. The highest BCUT2D eigenvalue weighted by Gasteiger charge is 2.30. The summed E-state index contributed by atoms with van der Waals surface area (Å²) in [5, 5.41) is 0. The molecule has 11 heavy (non-hydrogen) atoms. The Balaban J connectivity index is 2.84. The number of hydrogen-bond acceptors (Lipinski definition) is 1. The minimum absolute atomic E-state index is 0.135. The van der Waals surface area contributed by atoms with Crippen LogP contribution in [0.4, 0.5) is 0 Å². The van der Waals surface area contributed by atoms with Crippen LogP contribution >= 0.6 is 0 Å². The third-order valence-corrected chi connectivity index (χ3v) is 2.68. The van der Waals surface area contributed by atoms with Crippen LogP contribution in [0.5, 0.6) is 0 Å². The van der Waals surface area contributed by atoms with Crippen molar-refractivity contribution < 1.29 is 4.79 Å². The van der Waals surface area contributed by atoms with Gasteiger partial charge in [0.2, 0.25) is 0 Å². The third-order valence-electron chi connectivity index (χ3n) is 2.68. The first-order valence-corrected chi connectivity index (χ1v) is 4.19. The molecule has 0 spiro atoms. The average Bonchev–Trinajstić information content (AvgIpc) is 1.94. The Morgan fingerprint density at radius 3 is 2.73 bits per heavy atom. The quantitative estimate of drug-likeness (QED) is 0.417. The Hall–Kier alpha value is -0.590. The number of allylic oxidation sites excluding steroid dienone is 2. The van der Waals surface area contributed by atoms with Gasteiger partial charge in [-0.3, -0.25) is 0 Å². The maximum absolute atomic E-state index is 10.7. The minimum atomic E-state index is 0.135. The van der Waals surface area contributed by atoms with E-state index in [2.05, 4.69) is 26.8 Å². The number of carbonyl (C=O) groups excluding carboxylic acids is 1. The zero-order valence-electron chi connectivity index (χ0n) is 7.55. The predicted molar refractivity (Wildman–Crippen MR) is 46.3 cm³/mol. The summed E-state index contributed by atoms with van der Waals surface area (Å²) in [4.78, 5) is 10.7. The Labute approximate surface area is 68.5 Å². The van der Waals surface area contributed by atoms with Crippen LogP contribution in [0.3, 0.4) is 0 Å². The van der Waals surface area contributed by atoms with Gasteiger partial charge >= 0.3 is 0 Å². The maximum Gasteiger partial charge on any atom is 0.127 e. The van der Waals surface area contributed by atoms with Crippen molar-refractivity contribution in [2.75, 3.05) is 0 Å². The van der Waals surface area contributed by atoms with Gasteiger partial charge in [0.1, 0.15) is 6.29 Å². The van der Waals surface area contributed by atoms with Crippen molar-refractivity contribution in [2.45, 2.75) is 33.6 Å². The van der Waals surface area contributed by atoms with Gasteiger partial charge in [0.05, 0.1) is 0 Å². The molecule has 0 radical (unpaired) electrons. The molecule has 1 unspecified atom stereocenters. The zero-order chi connectivity index (χ0) is 8.48. The second-order valence-corrected chi connectivity index (χ2v) is 4.16. The lowest BCUT2D eigenvalue weighted by molar-refractivity contribution is -0.112. The molecule has 1 rings (SSSR count). The first kappa shape index (κ1) is 8.51. The SMILES string of the molecule is CC1=CC(C=O)C(C)(C)CC1. The summed E-state index contributed by atoms with van der Waals surface area (Å²) in [6.45, 7) is 6.43. The van der Waals surface area contributed by atoms with Gasteiger partial charge < -0.3 is 4.79 Å². The first-order chi connectivity index (χ1) is 5.06. The lowest BCUT2D eigenvalue weighted by atomic mass is 9.71. The number of rotatable bonds is 1. The Morgan fingerprint density at radius 2 is 2.27 bits per heavy atom. The van der Waals surface area contributed by atoms with E-state index in [-0.39, 0.29) is 11.3 Å². The summed E-state index contributed by atoms with van der Waals surface area (Å²) in [7, 11) is 0. The smallest absolute Gasteiger partial charge is 0.127 e. The summed E-state index contributed by atoms with van der Waals surface area (Å²) in [6, 6.07) is 0. The second-order valence-electron chi connectivity index (χ2n) is 4.16. The molecule has 0 bridgehead atoms. The van der Waals surface area contributed by atoms with Crippen molar-refractivity contribution in [1.82, 2.24) is 0 Å². The van der Waals surface area contributed by atoms with Crippen LogP contribution in [-0.4, -0.2) is 6.29 Å². The van der Waals surface area contributed by atoms with E-state index in [9.17, 15) is 4.79 Å². The summed E-state index contributed by atoms with van der Waals surface area (Å²) >= 11 is 0. The van der Waals surface area contributed by atoms with Gasteiger partial charge in [-0.2, -0.15) is 0 Å². The molecule has 0 aliphatic heterocycles. The molecule has 1 aliphatic rings. The molecule has 1 aliphatic carbocycles. The van der Waals surface area contributed by atoms with Crippen LogP contribution < -0.4 is 0 Å². The summed E-state index contributed by atoms with van der Waals surface area (Å²) in [6.07, 6.45) is 5.47. The lowest BCUT2D eigenvalue weighted by Gasteiger charge is -2.33. The summed E-state index contributed by atoms with van der Waals surface area (Å²) < 4.78 is 0. The van der Waals surface area contributed by atoms with Crippen molar-refractivity contribution in [3.05, 3.63) is 11.6 Å². The summed E-state index contributed by atoms with van der Waals surface area (Å²) in [5.41, 5.74) is 1.54. The van der Waals surface area contributed by atoms with Gasteiger partial charge in [-0.25, -0.2) is 0 Å². The molecular weight excluding hydrogens is 136 g/mol. The van der Waals surface area contributed by atoms with Crippen molar-refractivity contribution in [3.8, 4) is 0 Å². The molecule has 0 amide bonds. The molecule has 62 valence electrons. The van der Waals surface area contributed by atoms with E-state index in [0.717, 1.165) is 19.1 Å². The molecule has 0 heterocycles. The number of hydrogen-bond donors (Lipinski definition) is 0. The van der Waals surface area contributed by atoms with E-state index in [4.69, 9.17) is 0 Å². The van der Waals surface area contributed by atoms with E-state index in [1.54, 1.807) is 0 Å². The highest BCUT2D eigenvalue weighted by molar-refractivity contribution is 5.58. The monoisotopic (exact) mass is 152 g/mol. The van der Waals surface area contributed by atoms with E-state index >= 15 is 0 Å². The topological polar surface area (TPSA) is 17.1 Å². The lowest BCUT2D eigenvalue weighted by Crippen LogP contribution is -2.26. The average molecular weight is 152 g/mol. The molecule has 0 N–H and O–H groups in total. The Bertz CT molecular complexity index is 189. The van der Waals surface area contributed by atoms with E-state index < -0.39 is 0 Å². The van der Waals surface area contributed by atoms with Crippen LogP contribution in [0.15, 0.2) is 11.6 Å². The van der Waals surface area contributed by atoms with Crippen LogP contribution in [0.25, 0.3) is 0 Å². The molecule has 0 fully saturated rings. The zero-order valence-corrected chi connectivity index (χ0v) is 7.55. The highest BCUT2D eigenvalue weighted by atomic mass is 16.1. The largest absolute Gasteiger partial charge is 0.303 e. The van der Waals surface area contributed by atoms with Crippen molar-refractivity contribution >= 4 is 6.29 Å². The molecule has 0 aromatic heterocycles. The fraction of sp³-hybridized carbons (Fsp3) is 0.700. The van der Waals surface area contributed by atoms with Gasteiger partial charge in [-0.1, -0.05) is 25.5 Å². The number of aldehydes is 1. The molecule has 0 aromatic rings. The van der Waals surface area contributed by atoms with E-state index in [1.165, 1.54) is 5.57 Å². The van der Waals surface area contributed by atoms with Gasteiger partial charge in [-0.15, -0.1) is 0 Å². The number of carbonyl (C=O) groups is 1. The predicted octanol–water partition coefficient (Wildman–Crippen LogP) is 2.57. The van der Waals surface area contributed by atoms with Crippen LogP contribution in [-0.2, 0) is 4.79 Å². The van der Waals surface area contributed by atoms with Crippen molar-refractivity contribution in [3.63, 3.8) is 0 Å². The molecule has 1 heteroatoms. The third kappa shape index (κ3) is 1.70. The van der Waals surface area contributed by atoms with E-state index in [0.29, 0.717) is 0 Å². The highest BCUT2D eigenvalue weighted by Crippen LogP contribution is 2.37. The Kier molecular flexibility index (Phi) is 2.17. The van der Waals surface area contributed by atoms with Crippen molar-refractivity contribution in [1.29, 1.82) is 0 Å². The molecule has 0 saturated heterocycles. The molecule has 1 nitrogen and oxygen atoms in total. The van der Waals surface area contributed by atoms with Gasteiger partial charge in [0.15, 0.2) is 0 Å². The van der Waals surface area contributed by atoms with Crippen LogP contribution in [0.1, 0.15) is 33.6 Å². The molecule has 0 saturated carbocycles. The fourth-order valence-corrected chi connectivity index (χ4v) is 1.52. The fourth-order valence-electron chi connectivity index (χ4n) is 1.52. The van der Waals surface area contributed by atoms with Gasteiger partial charge in [0.25, 0.3) is 0 Å². The normalized spacial score (nSPS) is 29.4. The molecular formula is C10H16O. The first-order valence-electron chi connectivity index (χ1n) is 4.19. The van der Waals surface area contributed by atoms with Gasteiger partial charge in [0, 0.05) is 5.92 Å².